The van der Waals surface area contributed by atoms with Crippen molar-refractivity contribution in [2.45, 2.75) is 96.9 Å². The third-order valence-electron chi connectivity index (χ3n) is 5.52. The number of unbranched alkanes of at least 4 members (excludes halogenated alkanes) is 1. The van der Waals surface area contributed by atoms with E-state index in [0.29, 0.717) is 5.41 Å². The van der Waals surface area contributed by atoms with E-state index in [1.807, 2.05) is 0 Å². The van der Waals surface area contributed by atoms with E-state index in [1.54, 1.807) is 0 Å². The second kappa shape index (κ2) is 7.67. The molecule has 2 aliphatic carbocycles. The Morgan fingerprint density at radius 2 is 1.84 bits per heavy atom. The third-order valence-corrected chi connectivity index (χ3v) is 5.52. The monoisotopic (exact) mass is 265 g/mol. The van der Waals surface area contributed by atoms with Crippen LogP contribution in [0.2, 0.25) is 0 Å². The molecule has 1 atom stereocenters. The molecule has 19 heavy (non-hydrogen) atoms. The van der Waals surface area contributed by atoms with Crippen molar-refractivity contribution >= 4 is 0 Å². The van der Waals surface area contributed by atoms with Crippen molar-refractivity contribution < 1.29 is 0 Å². The van der Waals surface area contributed by atoms with E-state index >= 15 is 0 Å². The highest BCUT2D eigenvalue weighted by molar-refractivity contribution is 4.90. The Hall–Kier alpha value is -0.0400. The second-order valence-corrected chi connectivity index (χ2v) is 7.34. The minimum absolute atomic E-state index is 0.662. The van der Waals surface area contributed by atoms with Crippen LogP contribution in [0.25, 0.3) is 0 Å². The Morgan fingerprint density at radius 3 is 2.42 bits per heavy atom. The Kier molecular flexibility index (Phi) is 6.19. The lowest BCUT2D eigenvalue weighted by Gasteiger charge is -2.40. The average Bonchev–Trinajstić information content (AvgIpc) is 3.27. The van der Waals surface area contributed by atoms with Gasteiger partial charge in [0.05, 0.1) is 0 Å². The van der Waals surface area contributed by atoms with Crippen LogP contribution >= 0.6 is 0 Å². The molecule has 0 heterocycles. The largest absolute Gasteiger partial charge is 0.313 e. The lowest BCUT2D eigenvalue weighted by molar-refractivity contribution is 0.130. The van der Waals surface area contributed by atoms with Gasteiger partial charge in [0.1, 0.15) is 0 Å². The summed E-state index contributed by atoms with van der Waals surface area (Å²) in [5.74, 6) is 0.985. The van der Waals surface area contributed by atoms with Crippen LogP contribution in [0.4, 0.5) is 0 Å². The lowest BCUT2D eigenvalue weighted by Crippen LogP contribution is -2.38. The average molecular weight is 265 g/mol. The summed E-state index contributed by atoms with van der Waals surface area (Å²) in [4.78, 5) is 0. The van der Waals surface area contributed by atoms with E-state index in [9.17, 15) is 0 Å². The maximum Gasteiger partial charge on any atom is 0.00684 e. The van der Waals surface area contributed by atoms with Crippen LogP contribution in [0.1, 0.15) is 90.9 Å². The molecule has 0 spiro atoms. The smallest absolute Gasteiger partial charge is 0.00684 e. The molecular formula is C18H35N. The summed E-state index contributed by atoms with van der Waals surface area (Å²) in [6.45, 7) is 6.06. The molecule has 0 aromatic heterocycles. The predicted octanol–water partition coefficient (Wildman–Crippen LogP) is 5.30. The predicted molar refractivity (Wildman–Crippen MR) is 84.5 cm³/mol. The summed E-state index contributed by atoms with van der Waals surface area (Å²) in [5, 5.41) is 3.85. The topological polar surface area (TPSA) is 12.0 Å². The molecule has 0 radical (unpaired) electrons. The highest BCUT2D eigenvalue weighted by atomic mass is 15.0. The summed E-state index contributed by atoms with van der Waals surface area (Å²) < 4.78 is 0. The molecule has 2 saturated carbocycles. The minimum Gasteiger partial charge on any atom is -0.313 e. The number of hydrogen-bond acceptors (Lipinski definition) is 1. The van der Waals surface area contributed by atoms with Gasteiger partial charge in [-0.3, -0.25) is 0 Å². The second-order valence-electron chi connectivity index (χ2n) is 7.34. The van der Waals surface area contributed by atoms with Crippen LogP contribution in [0.15, 0.2) is 0 Å². The molecule has 0 aromatic rings. The summed E-state index contributed by atoms with van der Waals surface area (Å²) in [6.07, 6.45) is 17.5. The molecule has 1 nitrogen and oxygen atoms in total. The first-order chi connectivity index (χ1) is 9.28. The van der Waals surface area contributed by atoms with Crippen LogP contribution < -0.4 is 5.32 Å². The van der Waals surface area contributed by atoms with Crippen molar-refractivity contribution in [3.05, 3.63) is 0 Å². The fourth-order valence-electron chi connectivity index (χ4n) is 3.96. The molecule has 0 aliphatic heterocycles. The zero-order valence-electron chi connectivity index (χ0n) is 13.3. The number of hydrogen-bond donors (Lipinski definition) is 1. The Bertz CT molecular complexity index is 238. The molecule has 112 valence electrons. The van der Waals surface area contributed by atoms with Gasteiger partial charge in [0, 0.05) is 12.6 Å². The van der Waals surface area contributed by atoms with Gasteiger partial charge in [-0.2, -0.15) is 0 Å². The van der Waals surface area contributed by atoms with Crippen molar-refractivity contribution in [2.75, 3.05) is 6.54 Å². The van der Waals surface area contributed by atoms with Crippen LogP contribution in [-0.2, 0) is 0 Å². The van der Waals surface area contributed by atoms with Crippen molar-refractivity contribution in [3.63, 3.8) is 0 Å². The van der Waals surface area contributed by atoms with Crippen molar-refractivity contribution in [1.29, 1.82) is 0 Å². The van der Waals surface area contributed by atoms with Crippen molar-refractivity contribution in [2.24, 2.45) is 11.3 Å². The van der Waals surface area contributed by atoms with E-state index in [1.165, 1.54) is 83.6 Å². The number of rotatable bonds is 9. The molecule has 1 heteroatoms. The Morgan fingerprint density at radius 1 is 1.11 bits per heavy atom. The summed E-state index contributed by atoms with van der Waals surface area (Å²) >= 11 is 0. The van der Waals surface area contributed by atoms with E-state index in [4.69, 9.17) is 0 Å². The molecule has 2 rings (SSSR count). The van der Waals surface area contributed by atoms with Crippen LogP contribution in [0.5, 0.6) is 0 Å². The van der Waals surface area contributed by atoms with Crippen LogP contribution in [-0.4, -0.2) is 12.6 Å². The fourth-order valence-corrected chi connectivity index (χ4v) is 3.96. The van der Waals surface area contributed by atoms with Gasteiger partial charge in [0.2, 0.25) is 0 Å². The van der Waals surface area contributed by atoms with Gasteiger partial charge in [0.15, 0.2) is 0 Å². The van der Waals surface area contributed by atoms with Gasteiger partial charge in [-0.05, 0) is 43.4 Å². The van der Waals surface area contributed by atoms with Crippen LogP contribution in [0, 0.1) is 11.3 Å². The standard InChI is InChI=1S/C18H35N/c1-3-5-9-16(4-2)14-18(12-7-6-8-13-18)15-19-17-10-11-17/h16-17,19H,3-15H2,1-2H3. The van der Waals surface area contributed by atoms with Gasteiger partial charge < -0.3 is 5.32 Å². The molecule has 1 N–H and O–H groups in total. The molecule has 2 aliphatic rings. The Labute approximate surface area is 120 Å². The highest BCUT2D eigenvalue weighted by Crippen LogP contribution is 2.43. The maximum absolute atomic E-state index is 3.85. The van der Waals surface area contributed by atoms with Gasteiger partial charge >= 0.3 is 0 Å². The summed E-state index contributed by atoms with van der Waals surface area (Å²) in [5.41, 5.74) is 0.662. The van der Waals surface area contributed by atoms with Gasteiger partial charge in [-0.15, -0.1) is 0 Å². The normalized spacial score (nSPS) is 24.3. The van der Waals surface area contributed by atoms with Gasteiger partial charge in [-0.1, -0.05) is 58.8 Å². The van der Waals surface area contributed by atoms with E-state index in [0.717, 1.165) is 12.0 Å². The summed E-state index contributed by atoms with van der Waals surface area (Å²) in [6, 6.07) is 0.884. The first-order valence-corrected chi connectivity index (χ1v) is 9.01. The third kappa shape index (κ3) is 5.10. The lowest BCUT2D eigenvalue weighted by atomic mass is 9.68. The molecule has 2 fully saturated rings. The Balaban J connectivity index is 1.86. The van der Waals surface area contributed by atoms with Crippen molar-refractivity contribution in [3.8, 4) is 0 Å². The number of nitrogens with one attached hydrogen (secondary N) is 1. The SMILES string of the molecule is CCCCC(CC)CC1(CNC2CC2)CCCCC1. The summed E-state index contributed by atoms with van der Waals surface area (Å²) in [7, 11) is 0. The first kappa shape index (κ1) is 15.4. The van der Waals surface area contributed by atoms with E-state index < -0.39 is 0 Å². The van der Waals surface area contributed by atoms with E-state index in [-0.39, 0.29) is 0 Å². The zero-order chi connectivity index (χ0) is 13.6. The van der Waals surface area contributed by atoms with Crippen LogP contribution in [0.3, 0.4) is 0 Å². The first-order valence-electron chi connectivity index (χ1n) is 9.01. The van der Waals surface area contributed by atoms with Crippen molar-refractivity contribution in [1.82, 2.24) is 5.32 Å². The van der Waals surface area contributed by atoms with Gasteiger partial charge in [0.25, 0.3) is 0 Å². The maximum atomic E-state index is 3.85. The molecular weight excluding hydrogens is 230 g/mol. The highest BCUT2D eigenvalue weighted by Gasteiger charge is 2.35. The molecule has 0 aromatic carbocycles. The molecule has 0 bridgehead atoms. The minimum atomic E-state index is 0.662. The fraction of sp³-hybridized carbons (Fsp3) is 1.00. The van der Waals surface area contributed by atoms with Gasteiger partial charge in [-0.25, -0.2) is 0 Å². The quantitative estimate of drug-likeness (QED) is 0.597. The molecule has 0 amide bonds. The zero-order valence-corrected chi connectivity index (χ0v) is 13.3. The molecule has 0 saturated heterocycles. The van der Waals surface area contributed by atoms with E-state index in [2.05, 4.69) is 19.2 Å². The molecule has 1 unspecified atom stereocenters.